The van der Waals surface area contributed by atoms with Crippen LogP contribution in [0.25, 0.3) is 0 Å². The van der Waals surface area contributed by atoms with Crippen LogP contribution < -0.4 is 5.32 Å². The van der Waals surface area contributed by atoms with Crippen molar-refractivity contribution < 1.29 is 14.3 Å². The molecule has 0 aliphatic carbocycles. The summed E-state index contributed by atoms with van der Waals surface area (Å²) in [5.74, 6) is -0.567. The van der Waals surface area contributed by atoms with Gasteiger partial charge in [0, 0.05) is 18.0 Å². The molecule has 0 aromatic rings. The maximum atomic E-state index is 11.0. The van der Waals surface area contributed by atoms with E-state index in [1.54, 1.807) is 6.92 Å². The first-order valence-corrected chi connectivity index (χ1v) is 4.70. The van der Waals surface area contributed by atoms with Crippen molar-refractivity contribution in [2.45, 2.75) is 13.8 Å². The van der Waals surface area contributed by atoms with E-state index in [0.717, 1.165) is 0 Å². The van der Waals surface area contributed by atoms with Crippen molar-refractivity contribution in [2.75, 3.05) is 13.2 Å². The van der Waals surface area contributed by atoms with Crippen LogP contribution >= 0.6 is 0 Å². The van der Waals surface area contributed by atoms with Crippen LogP contribution in [0.15, 0.2) is 24.8 Å². The van der Waals surface area contributed by atoms with Crippen molar-refractivity contribution in [1.29, 1.82) is 0 Å². The Labute approximate surface area is 90.0 Å². The number of hydrogen-bond donors (Lipinski definition) is 1. The average Bonchev–Trinajstić information content (AvgIpc) is 2.21. The molecule has 0 saturated carbocycles. The predicted octanol–water partition coefficient (Wildman–Crippen LogP) is 1.04. The van der Waals surface area contributed by atoms with Crippen molar-refractivity contribution >= 4 is 11.9 Å². The summed E-state index contributed by atoms with van der Waals surface area (Å²) in [6.07, 6.45) is 1.20. The van der Waals surface area contributed by atoms with Gasteiger partial charge in [-0.15, -0.1) is 0 Å². The molecule has 1 amide bonds. The first-order valence-electron chi connectivity index (χ1n) is 4.70. The van der Waals surface area contributed by atoms with Crippen LogP contribution in [0.5, 0.6) is 0 Å². The van der Waals surface area contributed by atoms with E-state index >= 15 is 0 Å². The van der Waals surface area contributed by atoms with E-state index in [4.69, 9.17) is 4.74 Å². The Morgan fingerprint density at radius 3 is 2.60 bits per heavy atom. The highest BCUT2D eigenvalue weighted by Gasteiger charge is 2.08. The molecule has 0 heterocycles. The number of rotatable bonds is 6. The molecule has 0 aromatic heterocycles. The van der Waals surface area contributed by atoms with Crippen LogP contribution in [0.1, 0.15) is 13.8 Å². The molecule has 0 spiro atoms. The Morgan fingerprint density at radius 1 is 1.53 bits per heavy atom. The third kappa shape index (κ3) is 6.49. The second kappa shape index (κ2) is 6.81. The van der Waals surface area contributed by atoms with Crippen LogP contribution in [0.3, 0.4) is 0 Å². The lowest BCUT2D eigenvalue weighted by Crippen LogP contribution is -2.29. The van der Waals surface area contributed by atoms with Crippen molar-refractivity contribution in [3.8, 4) is 0 Å². The number of carbonyl (C=O) groups excluding carboxylic acids is 2. The predicted molar refractivity (Wildman–Crippen MR) is 58.1 cm³/mol. The molecule has 0 fully saturated rings. The van der Waals surface area contributed by atoms with E-state index in [1.165, 1.54) is 6.08 Å². The Morgan fingerprint density at radius 2 is 2.13 bits per heavy atom. The second-order valence-corrected chi connectivity index (χ2v) is 3.43. The van der Waals surface area contributed by atoms with Gasteiger partial charge in [0.2, 0.25) is 5.91 Å². The number of hydrogen-bond acceptors (Lipinski definition) is 3. The van der Waals surface area contributed by atoms with Gasteiger partial charge in [-0.2, -0.15) is 0 Å². The molecule has 15 heavy (non-hydrogen) atoms. The fourth-order valence-corrected chi connectivity index (χ4v) is 0.747. The van der Waals surface area contributed by atoms with Gasteiger partial charge in [0.05, 0.1) is 6.61 Å². The third-order valence-corrected chi connectivity index (χ3v) is 1.66. The first kappa shape index (κ1) is 13.4. The monoisotopic (exact) mass is 211 g/mol. The second-order valence-electron chi connectivity index (χ2n) is 3.43. The molecule has 0 aromatic carbocycles. The highest BCUT2D eigenvalue weighted by atomic mass is 16.5. The van der Waals surface area contributed by atoms with E-state index in [9.17, 15) is 9.59 Å². The number of amides is 1. The molecular weight excluding hydrogens is 194 g/mol. The number of carbonyl (C=O) groups is 2. The van der Waals surface area contributed by atoms with Gasteiger partial charge in [-0.25, -0.2) is 4.79 Å². The summed E-state index contributed by atoms with van der Waals surface area (Å²) in [6.45, 7) is 11.0. The molecule has 1 unspecified atom stereocenters. The molecule has 1 atom stereocenters. The fourth-order valence-electron chi connectivity index (χ4n) is 0.747. The third-order valence-electron chi connectivity index (χ3n) is 1.66. The van der Waals surface area contributed by atoms with Gasteiger partial charge in [0.25, 0.3) is 0 Å². The van der Waals surface area contributed by atoms with Gasteiger partial charge in [0.15, 0.2) is 0 Å². The number of esters is 1. The number of ether oxygens (including phenoxy) is 1. The smallest absolute Gasteiger partial charge is 0.333 e. The molecule has 0 aliphatic rings. The summed E-state index contributed by atoms with van der Waals surface area (Å²) < 4.78 is 4.92. The molecule has 0 radical (unpaired) electrons. The van der Waals surface area contributed by atoms with Gasteiger partial charge in [-0.1, -0.05) is 20.1 Å². The maximum Gasteiger partial charge on any atom is 0.333 e. The molecular formula is C11H17NO3. The van der Waals surface area contributed by atoms with Gasteiger partial charge in [-0.05, 0) is 13.0 Å². The summed E-state index contributed by atoms with van der Waals surface area (Å²) in [7, 11) is 0. The summed E-state index contributed by atoms with van der Waals surface area (Å²) in [5.41, 5.74) is 0.373. The Bertz CT molecular complexity index is 271. The van der Waals surface area contributed by atoms with E-state index in [-0.39, 0.29) is 18.4 Å². The average molecular weight is 211 g/mol. The Hall–Kier alpha value is -1.58. The lowest BCUT2D eigenvalue weighted by Gasteiger charge is -2.12. The van der Waals surface area contributed by atoms with Gasteiger partial charge < -0.3 is 10.1 Å². The summed E-state index contributed by atoms with van der Waals surface area (Å²) in [4.78, 5) is 21.8. The van der Waals surface area contributed by atoms with Crippen LogP contribution in [0.2, 0.25) is 0 Å². The fraction of sp³-hybridized carbons (Fsp3) is 0.455. The largest absolute Gasteiger partial charge is 0.462 e. The zero-order valence-electron chi connectivity index (χ0n) is 9.21. The van der Waals surface area contributed by atoms with Crippen molar-refractivity contribution in [3.63, 3.8) is 0 Å². The summed E-state index contributed by atoms with van der Waals surface area (Å²) >= 11 is 0. The normalized spacial score (nSPS) is 11.3. The van der Waals surface area contributed by atoms with Crippen molar-refractivity contribution in [1.82, 2.24) is 5.32 Å². The topological polar surface area (TPSA) is 55.4 Å². The van der Waals surface area contributed by atoms with Crippen LogP contribution in [0.4, 0.5) is 0 Å². The van der Waals surface area contributed by atoms with Crippen molar-refractivity contribution in [3.05, 3.63) is 24.8 Å². The first-order chi connectivity index (χ1) is 6.97. The summed E-state index contributed by atoms with van der Waals surface area (Å²) in [5, 5.41) is 2.61. The lowest BCUT2D eigenvalue weighted by atomic mass is 10.2. The minimum absolute atomic E-state index is 0.0669. The molecule has 0 saturated heterocycles. The van der Waals surface area contributed by atoms with Crippen LogP contribution in [-0.2, 0) is 14.3 Å². The molecule has 1 N–H and O–H groups in total. The minimum atomic E-state index is -0.406. The summed E-state index contributed by atoms with van der Waals surface area (Å²) in [6, 6.07) is 0. The molecule has 84 valence electrons. The molecule has 4 nitrogen and oxygen atoms in total. The van der Waals surface area contributed by atoms with Gasteiger partial charge in [0.1, 0.15) is 0 Å². The molecule has 0 aliphatic heterocycles. The minimum Gasteiger partial charge on any atom is -0.462 e. The highest BCUT2D eigenvalue weighted by molar-refractivity contribution is 5.87. The SMILES string of the molecule is C=CC(=O)NCC(C)COC(=O)C(=C)C. The molecule has 4 heteroatoms. The molecule has 0 bridgehead atoms. The Balaban J connectivity index is 3.70. The highest BCUT2D eigenvalue weighted by Crippen LogP contribution is 1.98. The Kier molecular flexibility index (Phi) is 6.09. The van der Waals surface area contributed by atoms with E-state index in [2.05, 4.69) is 18.5 Å². The van der Waals surface area contributed by atoms with Gasteiger partial charge in [-0.3, -0.25) is 4.79 Å². The lowest BCUT2D eigenvalue weighted by molar-refractivity contribution is -0.140. The number of nitrogens with one attached hydrogen (secondary N) is 1. The van der Waals surface area contributed by atoms with E-state index in [1.807, 2.05) is 6.92 Å². The van der Waals surface area contributed by atoms with Crippen LogP contribution in [0, 0.1) is 5.92 Å². The van der Waals surface area contributed by atoms with Crippen molar-refractivity contribution in [2.24, 2.45) is 5.92 Å². The van der Waals surface area contributed by atoms with Gasteiger partial charge >= 0.3 is 5.97 Å². The zero-order chi connectivity index (χ0) is 11.8. The van der Waals surface area contributed by atoms with E-state index < -0.39 is 5.97 Å². The molecule has 0 rings (SSSR count). The maximum absolute atomic E-state index is 11.0. The standard InChI is InChI=1S/C11H17NO3/c1-5-10(13)12-6-9(4)7-15-11(14)8(2)3/h5,9H,1-2,6-7H2,3-4H3,(H,12,13). The van der Waals surface area contributed by atoms with E-state index in [0.29, 0.717) is 12.1 Å². The quantitative estimate of drug-likeness (QED) is 0.527. The zero-order valence-corrected chi connectivity index (χ0v) is 9.21. The van der Waals surface area contributed by atoms with Crippen LogP contribution in [-0.4, -0.2) is 25.0 Å².